The van der Waals surface area contributed by atoms with Crippen molar-refractivity contribution in [1.29, 1.82) is 0 Å². The van der Waals surface area contributed by atoms with Crippen molar-refractivity contribution in [2.75, 3.05) is 0 Å². The summed E-state index contributed by atoms with van der Waals surface area (Å²) in [7, 11) is 0. The molecule has 0 saturated carbocycles. The van der Waals surface area contributed by atoms with Crippen molar-refractivity contribution in [1.82, 2.24) is 0 Å². The van der Waals surface area contributed by atoms with E-state index in [9.17, 15) is 9.59 Å². The van der Waals surface area contributed by atoms with E-state index < -0.39 is 11.9 Å². The smallest absolute Gasteiger partial charge is 0.370 e. The molecule has 5 nitrogen and oxygen atoms in total. The van der Waals surface area contributed by atoms with Crippen LogP contribution in [0.2, 0.25) is 0 Å². The van der Waals surface area contributed by atoms with Crippen LogP contribution in [0.1, 0.15) is 10.4 Å². The number of hydrogen-bond acceptors (Lipinski definition) is 2. The molecule has 0 radical (unpaired) electrons. The third-order valence-electron chi connectivity index (χ3n) is 2.67. The van der Waals surface area contributed by atoms with Crippen molar-refractivity contribution < 1.29 is 24.4 Å². The SMILES string of the molecule is O=C(O)C[n+]1ccc(-c2ccc(C(=O)O)cc2)cc1. The molecule has 0 saturated heterocycles. The molecule has 2 rings (SSSR count). The van der Waals surface area contributed by atoms with Crippen molar-refractivity contribution in [2.45, 2.75) is 6.54 Å². The predicted octanol–water partition coefficient (Wildman–Crippen LogP) is 1.42. The van der Waals surface area contributed by atoms with Crippen LogP contribution in [-0.2, 0) is 11.3 Å². The minimum atomic E-state index is -0.959. The van der Waals surface area contributed by atoms with E-state index in [4.69, 9.17) is 10.2 Å². The fourth-order valence-corrected chi connectivity index (χ4v) is 1.72. The third kappa shape index (κ3) is 3.16. The molecular formula is C14H12NO4+. The number of aromatic carboxylic acids is 1. The van der Waals surface area contributed by atoms with E-state index in [1.165, 1.54) is 12.1 Å². The van der Waals surface area contributed by atoms with E-state index in [-0.39, 0.29) is 12.1 Å². The Morgan fingerprint density at radius 3 is 1.89 bits per heavy atom. The second-order valence-corrected chi connectivity index (χ2v) is 4.04. The molecule has 2 aromatic rings. The largest absolute Gasteiger partial charge is 0.478 e. The molecule has 19 heavy (non-hydrogen) atoms. The van der Waals surface area contributed by atoms with E-state index in [0.717, 1.165) is 11.1 Å². The molecule has 1 aromatic carbocycles. The van der Waals surface area contributed by atoms with Crippen molar-refractivity contribution in [3.8, 4) is 11.1 Å². The predicted molar refractivity (Wildman–Crippen MR) is 66.7 cm³/mol. The van der Waals surface area contributed by atoms with E-state index in [2.05, 4.69) is 0 Å². The van der Waals surface area contributed by atoms with Crippen LogP contribution in [0.15, 0.2) is 48.8 Å². The summed E-state index contributed by atoms with van der Waals surface area (Å²) in [4.78, 5) is 21.3. The second-order valence-electron chi connectivity index (χ2n) is 4.04. The van der Waals surface area contributed by atoms with Gasteiger partial charge in [-0.2, -0.15) is 4.57 Å². The van der Waals surface area contributed by atoms with E-state index in [1.54, 1.807) is 41.2 Å². The van der Waals surface area contributed by atoms with Crippen molar-refractivity contribution in [3.63, 3.8) is 0 Å². The van der Waals surface area contributed by atoms with Gasteiger partial charge in [0, 0.05) is 12.1 Å². The summed E-state index contributed by atoms with van der Waals surface area (Å²) in [5, 5.41) is 17.5. The highest BCUT2D eigenvalue weighted by atomic mass is 16.4. The number of rotatable bonds is 4. The first-order valence-electron chi connectivity index (χ1n) is 5.61. The Hall–Kier alpha value is -2.69. The lowest BCUT2D eigenvalue weighted by Gasteiger charge is -2.01. The average molecular weight is 258 g/mol. The van der Waals surface area contributed by atoms with Gasteiger partial charge in [-0.25, -0.2) is 9.59 Å². The van der Waals surface area contributed by atoms with E-state index in [1.807, 2.05) is 0 Å². The molecule has 0 aliphatic heterocycles. The molecule has 1 aromatic heterocycles. The maximum atomic E-state index is 10.7. The van der Waals surface area contributed by atoms with Crippen LogP contribution in [0.4, 0.5) is 0 Å². The normalized spacial score (nSPS) is 10.1. The monoisotopic (exact) mass is 258 g/mol. The number of nitrogens with zero attached hydrogens (tertiary/aromatic N) is 1. The van der Waals surface area contributed by atoms with Gasteiger partial charge >= 0.3 is 11.9 Å². The van der Waals surface area contributed by atoms with E-state index in [0.29, 0.717) is 0 Å². The molecule has 0 bridgehead atoms. The topological polar surface area (TPSA) is 78.5 Å². The highest BCUT2D eigenvalue weighted by molar-refractivity contribution is 5.88. The number of benzene rings is 1. The first kappa shape index (κ1) is 12.8. The Morgan fingerprint density at radius 2 is 1.42 bits per heavy atom. The summed E-state index contributed by atoms with van der Waals surface area (Å²) in [5.41, 5.74) is 2.02. The van der Waals surface area contributed by atoms with Crippen LogP contribution in [-0.4, -0.2) is 22.2 Å². The molecule has 0 atom stereocenters. The van der Waals surface area contributed by atoms with Gasteiger partial charge in [0.05, 0.1) is 5.56 Å². The Bertz CT molecular complexity index is 602. The van der Waals surface area contributed by atoms with Gasteiger partial charge in [-0.1, -0.05) is 12.1 Å². The van der Waals surface area contributed by atoms with Crippen LogP contribution in [0.5, 0.6) is 0 Å². The fraction of sp³-hybridized carbons (Fsp3) is 0.0714. The lowest BCUT2D eigenvalue weighted by atomic mass is 10.1. The first-order valence-corrected chi connectivity index (χ1v) is 5.61. The molecule has 0 unspecified atom stereocenters. The molecule has 0 spiro atoms. The van der Waals surface area contributed by atoms with Gasteiger partial charge in [0.1, 0.15) is 0 Å². The van der Waals surface area contributed by atoms with Crippen LogP contribution < -0.4 is 4.57 Å². The highest BCUT2D eigenvalue weighted by Gasteiger charge is 2.08. The third-order valence-corrected chi connectivity index (χ3v) is 2.67. The zero-order chi connectivity index (χ0) is 13.8. The maximum absolute atomic E-state index is 10.7. The van der Waals surface area contributed by atoms with Gasteiger partial charge in [-0.3, -0.25) is 0 Å². The summed E-state index contributed by atoms with van der Waals surface area (Å²) in [6.45, 7) is -0.0851. The summed E-state index contributed by atoms with van der Waals surface area (Å²) < 4.78 is 1.55. The van der Waals surface area contributed by atoms with Crippen LogP contribution in [0.25, 0.3) is 11.1 Å². The molecule has 5 heteroatoms. The number of aliphatic carboxylic acids is 1. The van der Waals surface area contributed by atoms with Gasteiger partial charge in [0.15, 0.2) is 12.4 Å². The Labute approximate surface area is 109 Å². The minimum absolute atomic E-state index is 0.0851. The van der Waals surface area contributed by atoms with E-state index >= 15 is 0 Å². The Morgan fingerprint density at radius 1 is 0.895 bits per heavy atom. The quantitative estimate of drug-likeness (QED) is 0.813. The van der Waals surface area contributed by atoms with Crippen molar-refractivity contribution >= 4 is 11.9 Å². The zero-order valence-corrected chi connectivity index (χ0v) is 9.98. The number of hydrogen-bond donors (Lipinski definition) is 2. The summed E-state index contributed by atoms with van der Waals surface area (Å²) in [6, 6.07) is 10.1. The minimum Gasteiger partial charge on any atom is -0.478 e. The molecule has 96 valence electrons. The molecular weight excluding hydrogens is 246 g/mol. The number of carboxylic acids is 2. The molecule has 0 fully saturated rings. The van der Waals surface area contributed by atoms with Crippen molar-refractivity contribution in [3.05, 3.63) is 54.4 Å². The number of carbonyl (C=O) groups is 2. The molecule has 0 amide bonds. The average Bonchev–Trinajstić information content (AvgIpc) is 2.39. The fourth-order valence-electron chi connectivity index (χ4n) is 1.72. The summed E-state index contributed by atoms with van der Waals surface area (Å²) in [5.74, 6) is -1.86. The number of pyridine rings is 1. The zero-order valence-electron chi connectivity index (χ0n) is 9.98. The van der Waals surface area contributed by atoms with Gasteiger partial charge in [-0.05, 0) is 23.3 Å². The number of carboxylic acid groups (broad SMARTS) is 2. The van der Waals surface area contributed by atoms with Crippen molar-refractivity contribution in [2.24, 2.45) is 0 Å². The van der Waals surface area contributed by atoms with Crippen LogP contribution in [0, 0.1) is 0 Å². The van der Waals surface area contributed by atoms with Gasteiger partial charge in [-0.15, -0.1) is 0 Å². The van der Waals surface area contributed by atoms with Gasteiger partial charge < -0.3 is 10.2 Å². The molecule has 1 heterocycles. The summed E-state index contributed by atoms with van der Waals surface area (Å²) >= 11 is 0. The lowest BCUT2D eigenvalue weighted by Crippen LogP contribution is -2.36. The summed E-state index contributed by atoms with van der Waals surface area (Å²) in [6.07, 6.45) is 3.35. The molecule has 0 aliphatic rings. The van der Waals surface area contributed by atoms with Gasteiger partial charge in [0.25, 0.3) is 0 Å². The van der Waals surface area contributed by atoms with Crippen LogP contribution >= 0.6 is 0 Å². The second kappa shape index (κ2) is 5.30. The standard InChI is InChI=1S/C14H11NO4/c16-13(17)9-15-7-5-11(6-8-15)10-1-3-12(4-2-10)14(18)19/h1-8H,9H2,(H-,16,17,18,19)/p+1. The maximum Gasteiger partial charge on any atom is 0.370 e. The highest BCUT2D eigenvalue weighted by Crippen LogP contribution is 2.18. The Kier molecular flexibility index (Phi) is 3.56. The Balaban J connectivity index is 2.22. The molecule has 0 aliphatic carbocycles. The lowest BCUT2D eigenvalue weighted by molar-refractivity contribution is -0.685. The van der Waals surface area contributed by atoms with Crippen LogP contribution in [0.3, 0.4) is 0 Å². The van der Waals surface area contributed by atoms with Gasteiger partial charge in [0.2, 0.25) is 6.54 Å². The number of aromatic nitrogens is 1. The first-order chi connectivity index (χ1) is 9.06. The molecule has 2 N–H and O–H groups in total.